The monoisotopic (exact) mass is 262 g/mol. The van der Waals surface area contributed by atoms with Crippen molar-refractivity contribution < 1.29 is 9.18 Å². The van der Waals surface area contributed by atoms with Gasteiger partial charge in [-0.1, -0.05) is 0 Å². The summed E-state index contributed by atoms with van der Waals surface area (Å²) in [7, 11) is 0. The van der Waals surface area contributed by atoms with Crippen LogP contribution in [0.4, 0.5) is 4.39 Å². The molecule has 0 amide bonds. The Bertz CT molecular complexity index is 626. The number of rotatable bonds is 5. The normalized spacial score (nSPS) is 10.6. The standard InChI is InChI=1S/C14H15FN2O2/c1-2-16-9-10-17(14(16)19)8-7-13(18)11-3-5-12(15)6-4-11/h3-6,9-10H,2,7-8H2,1H3. The highest BCUT2D eigenvalue weighted by Crippen LogP contribution is 2.06. The zero-order valence-corrected chi connectivity index (χ0v) is 10.7. The second kappa shape index (κ2) is 5.65. The molecule has 0 saturated heterocycles. The van der Waals surface area contributed by atoms with Crippen LogP contribution in [-0.2, 0) is 13.1 Å². The van der Waals surface area contributed by atoms with Crippen LogP contribution in [0.5, 0.6) is 0 Å². The average Bonchev–Trinajstić information content (AvgIpc) is 2.77. The van der Waals surface area contributed by atoms with E-state index in [1.807, 2.05) is 6.92 Å². The van der Waals surface area contributed by atoms with Gasteiger partial charge in [0.05, 0.1) is 0 Å². The number of benzene rings is 1. The minimum absolute atomic E-state index is 0.101. The first-order valence-corrected chi connectivity index (χ1v) is 6.16. The van der Waals surface area contributed by atoms with Crippen molar-refractivity contribution in [3.63, 3.8) is 0 Å². The number of imidazole rings is 1. The van der Waals surface area contributed by atoms with Gasteiger partial charge in [0.25, 0.3) is 0 Å². The minimum Gasteiger partial charge on any atom is -0.300 e. The van der Waals surface area contributed by atoms with Gasteiger partial charge in [0.1, 0.15) is 5.82 Å². The zero-order valence-electron chi connectivity index (χ0n) is 10.7. The summed E-state index contributed by atoms with van der Waals surface area (Å²) in [6.07, 6.45) is 3.59. The van der Waals surface area contributed by atoms with Crippen LogP contribution in [0.1, 0.15) is 23.7 Å². The molecule has 2 rings (SSSR count). The van der Waals surface area contributed by atoms with Gasteiger partial charge in [-0.25, -0.2) is 9.18 Å². The smallest absolute Gasteiger partial charge is 0.300 e. The van der Waals surface area contributed by atoms with Gasteiger partial charge in [-0.3, -0.25) is 13.9 Å². The summed E-state index contributed by atoms with van der Waals surface area (Å²) in [5.74, 6) is -0.469. The summed E-state index contributed by atoms with van der Waals surface area (Å²) in [5.41, 5.74) is 0.346. The second-order valence-corrected chi connectivity index (χ2v) is 4.24. The van der Waals surface area contributed by atoms with Gasteiger partial charge in [-0.15, -0.1) is 0 Å². The maximum Gasteiger partial charge on any atom is 0.328 e. The van der Waals surface area contributed by atoms with Crippen LogP contribution in [0.25, 0.3) is 0 Å². The fourth-order valence-electron chi connectivity index (χ4n) is 1.87. The van der Waals surface area contributed by atoms with Crippen LogP contribution in [-0.4, -0.2) is 14.9 Å². The lowest BCUT2D eigenvalue weighted by Gasteiger charge is -2.02. The van der Waals surface area contributed by atoms with E-state index in [4.69, 9.17) is 0 Å². The molecule has 19 heavy (non-hydrogen) atoms. The molecule has 5 heteroatoms. The molecule has 0 aliphatic heterocycles. The van der Waals surface area contributed by atoms with Gasteiger partial charge in [-0.05, 0) is 31.2 Å². The van der Waals surface area contributed by atoms with Crippen molar-refractivity contribution >= 4 is 5.78 Å². The minimum atomic E-state index is -0.368. The Morgan fingerprint density at radius 3 is 2.37 bits per heavy atom. The highest BCUT2D eigenvalue weighted by Gasteiger charge is 2.08. The predicted molar refractivity (Wildman–Crippen MR) is 69.7 cm³/mol. The van der Waals surface area contributed by atoms with Crippen molar-refractivity contribution in [2.45, 2.75) is 26.4 Å². The Morgan fingerprint density at radius 2 is 1.79 bits per heavy atom. The molecular formula is C14H15FN2O2. The molecule has 0 aliphatic carbocycles. The van der Waals surface area contributed by atoms with Crippen molar-refractivity contribution in [3.05, 3.63) is 58.5 Å². The average molecular weight is 262 g/mol. The summed E-state index contributed by atoms with van der Waals surface area (Å²) in [4.78, 5) is 23.6. The third-order valence-electron chi connectivity index (χ3n) is 3.00. The van der Waals surface area contributed by atoms with Gasteiger partial charge >= 0.3 is 5.69 Å². The van der Waals surface area contributed by atoms with Gasteiger partial charge in [0.2, 0.25) is 0 Å². The van der Waals surface area contributed by atoms with E-state index in [1.165, 1.54) is 28.8 Å². The van der Waals surface area contributed by atoms with Crippen molar-refractivity contribution in [1.29, 1.82) is 0 Å². The SMILES string of the molecule is CCn1ccn(CCC(=O)c2ccc(F)cc2)c1=O. The Kier molecular flexibility index (Phi) is 3.94. The maximum absolute atomic E-state index is 12.7. The molecule has 1 aromatic carbocycles. The number of nitrogens with zero attached hydrogens (tertiary/aromatic N) is 2. The quantitative estimate of drug-likeness (QED) is 0.774. The number of hydrogen-bond acceptors (Lipinski definition) is 2. The number of Topliss-reactive ketones (excluding diaryl/α,β-unsaturated/α-hetero) is 1. The summed E-state index contributed by atoms with van der Waals surface area (Å²) < 4.78 is 15.8. The third kappa shape index (κ3) is 2.99. The van der Waals surface area contributed by atoms with Gasteiger partial charge in [-0.2, -0.15) is 0 Å². The Labute approximate surface area is 110 Å². The first-order chi connectivity index (χ1) is 9.11. The molecule has 100 valence electrons. The largest absolute Gasteiger partial charge is 0.328 e. The van der Waals surface area contributed by atoms with Crippen LogP contribution in [0.3, 0.4) is 0 Å². The Hall–Kier alpha value is -2.17. The van der Waals surface area contributed by atoms with Crippen LogP contribution in [0.15, 0.2) is 41.5 Å². The van der Waals surface area contributed by atoms with E-state index in [2.05, 4.69) is 0 Å². The van der Waals surface area contributed by atoms with E-state index in [1.54, 1.807) is 17.0 Å². The maximum atomic E-state index is 12.7. The van der Waals surface area contributed by atoms with Crippen LogP contribution < -0.4 is 5.69 Å². The summed E-state index contributed by atoms with van der Waals surface area (Å²) in [6, 6.07) is 5.43. The van der Waals surface area contributed by atoms with E-state index >= 15 is 0 Å². The van der Waals surface area contributed by atoms with Crippen LogP contribution in [0.2, 0.25) is 0 Å². The number of carbonyl (C=O) groups is 1. The fraction of sp³-hybridized carbons (Fsp3) is 0.286. The number of hydrogen-bond donors (Lipinski definition) is 0. The number of carbonyl (C=O) groups excluding carboxylic acids is 1. The molecule has 0 atom stereocenters. The van der Waals surface area contributed by atoms with E-state index in [9.17, 15) is 14.0 Å². The van der Waals surface area contributed by atoms with Crippen LogP contribution >= 0.6 is 0 Å². The fourth-order valence-corrected chi connectivity index (χ4v) is 1.87. The lowest BCUT2D eigenvalue weighted by molar-refractivity contribution is 0.0976. The highest BCUT2D eigenvalue weighted by atomic mass is 19.1. The van der Waals surface area contributed by atoms with Crippen molar-refractivity contribution in [2.24, 2.45) is 0 Å². The van der Waals surface area contributed by atoms with Crippen molar-refractivity contribution in [1.82, 2.24) is 9.13 Å². The molecule has 2 aromatic rings. The molecule has 0 saturated carbocycles. The summed E-state index contributed by atoms with van der Waals surface area (Å²) in [5, 5.41) is 0. The third-order valence-corrected chi connectivity index (χ3v) is 3.00. The molecule has 0 radical (unpaired) electrons. The lowest BCUT2D eigenvalue weighted by Crippen LogP contribution is -2.24. The molecule has 0 bridgehead atoms. The second-order valence-electron chi connectivity index (χ2n) is 4.24. The topological polar surface area (TPSA) is 44.0 Å². The first kappa shape index (κ1) is 13.3. The van der Waals surface area contributed by atoms with E-state index in [0.717, 1.165) is 0 Å². The molecule has 0 N–H and O–H groups in total. The number of ketones is 1. The molecule has 4 nitrogen and oxygen atoms in total. The van der Waals surface area contributed by atoms with Crippen LogP contribution in [0, 0.1) is 5.82 Å². The van der Waals surface area contributed by atoms with E-state index in [-0.39, 0.29) is 23.7 Å². The van der Waals surface area contributed by atoms with Gasteiger partial charge in [0, 0.05) is 37.5 Å². The molecule has 0 unspecified atom stereocenters. The predicted octanol–water partition coefficient (Wildman–Crippen LogP) is 2.08. The van der Waals surface area contributed by atoms with E-state index in [0.29, 0.717) is 18.7 Å². The van der Waals surface area contributed by atoms with Gasteiger partial charge < -0.3 is 0 Å². The summed E-state index contributed by atoms with van der Waals surface area (Å²) >= 11 is 0. The number of aryl methyl sites for hydroxylation is 2. The number of halogens is 1. The number of aromatic nitrogens is 2. The molecule has 1 heterocycles. The van der Waals surface area contributed by atoms with Crippen molar-refractivity contribution in [2.75, 3.05) is 0 Å². The van der Waals surface area contributed by atoms with Gasteiger partial charge in [0.15, 0.2) is 5.78 Å². The molecule has 0 aliphatic rings. The molecule has 1 aromatic heterocycles. The molecule has 0 spiro atoms. The molecular weight excluding hydrogens is 247 g/mol. The highest BCUT2D eigenvalue weighted by molar-refractivity contribution is 5.95. The molecule has 0 fully saturated rings. The Morgan fingerprint density at radius 1 is 1.16 bits per heavy atom. The first-order valence-electron chi connectivity index (χ1n) is 6.16. The van der Waals surface area contributed by atoms with E-state index < -0.39 is 0 Å². The Balaban J connectivity index is 2.02. The summed E-state index contributed by atoms with van der Waals surface area (Å²) in [6.45, 7) is 2.83. The zero-order chi connectivity index (χ0) is 13.8. The van der Waals surface area contributed by atoms with Crippen molar-refractivity contribution in [3.8, 4) is 0 Å². The lowest BCUT2D eigenvalue weighted by atomic mass is 10.1.